The summed E-state index contributed by atoms with van der Waals surface area (Å²) in [6.07, 6.45) is 4.65. The van der Waals surface area contributed by atoms with Gasteiger partial charge < -0.3 is 4.90 Å². The lowest BCUT2D eigenvalue weighted by molar-refractivity contribution is -0.385. The van der Waals surface area contributed by atoms with E-state index < -0.39 is 14.9 Å². The van der Waals surface area contributed by atoms with Gasteiger partial charge >= 0.3 is 0 Å². The Labute approximate surface area is 158 Å². The SMILES string of the molecule is Cc1ccc(S(=O)(=O)N/N=C\C=C\c2ccc(N(C)C)cc2)cc1[N+](=O)[O-]. The summed E-state index contributed by atoms with van der Waals surface area (Å²) in [4.78, 5) is 14.1. The highest BCUT2D eigenvalue weighted by Crippen LogP contribution is 2.22. The second-order valence-electron chi connectivity index (χ2n) is 5.92. The molecule has 0 fully saturated rings. The van der Waals surface area contributed by atoms with Crippen molar-refractivity contribution in [2.24, 2.45) is 5.10 Å². The van der Waals surface area contributed by atoms with Gasteiger partial charge in [-0.2, -0.15) is 13.5 Å². The van der Waals surface area contributed by atoms with Gasteiger partial charge in [-0.05, 0) is 36.8 Å². The number of anilines is 1. The first kappa shape index (κ1) is 20.1. The molecule has 2 aromatic carbocycles. The van der Waals surface area contributed by atoms with E-state index in [9.17, 15) is 18.5 Å². The average Bonchev–Trinajstić information content (AvgIpc) is 2.61. The van der Waals surface area contributed by atoms with E-state index in [1.54, 1.807) is 12.2 Å². The van der Waals surface area contributed by atoms with E-state index in [0.29, 0.717) is 5.56 Å². The van der Waals surface area contributed by atoms with Crippen LogP contribution in [0.15, 0.2) is 58.5 Å². The number of benzene rings is 2. The largest absolute Gasteiger partial charge is 0.378 e. The molecule has 0 saturated carbocycles. The molecule has 9 heteroatoms. The maximum atomic E-state index is 12.2. The smallest absolute Gasteiger partial charge is 0.276 e. The first-order chi connectivity index (χ1) is 12.7. The van der Waals surface area contributed by atoms with Crippen LogP contribution in [0.1, 0.15) is 11.1 Å². The Morgan fingerprint density at radius 2 is 1.81 bits per heavy atom. The minimum atomic E-state index is -3.99. The molecule has 0 spiro atoms. The lowest BCUT2D eigenvalue weighted by Gasteiger charge is -2.11. The van der Waals surface area contributed by atoms with Crippen LogP contribution in [0, 0.1) is 17.0 Å². The summed E-state index contributed by atoms with van der Waals surface area (Å²) in [6, 6.07) is 11.5. The molecule has 0 amide bonds. The number of allylic oxidation sites excluding steroid dienone is 1. The number of hydrogen-bond acceptors (Lipinski definition) is 6. The van der Waals surface area contributed by atoms with Crippen LogP contribution in [0.25, 0.3) is 6.08 Å². The van der Waals surface area contributed by atoms with Crippen LogP contribution in [0.4, 0.5) is 11.4 Å². The third-order valence-electron chi connectivity index (χ3n) is 3.72. The molecular formula is C18H20N4O4S. The zero-order chi connectivity index (χ0) is 20.0. The minimum Gasteiger partial charge on any atom is -0.378 e. The van der Waals surface area contributed by atoms with Crippen molar-refractivity contribution in [2.45, 2.75) is 11.8 Å². The molecule has 0 radical (unpaired) electrons. The van der Waals surface area contributed by atoms with Crippen molar-refractivity contribution in [3.05, 3.63) is 69.8 Å². The Morgan fingerprint density at radius 3 is 2.41 bits per heavy atom. The number of sulfonamides is 1. The fourth-order valence-corrected chi connectivity index (χ4v) is 3.01. The van der Waals surface area contributed by atoms with Gasteiger partial charge in [-0.1, -0.05) is 24.3 Å². The van der Waals surface area contributed by atoms with Gasteiger partial charge in [0.05, 0.1) is 9.82 Å². The lowest BCUT2D eigenvalue weighted by atomic mass is 10.2. The Balaban J connectivity index is 2.04. The van der Waals surface area contributed by atoms with Gasteiger partial charge in [0.25, 0.3) is 15.7 Å². The fraction of sp³-hybridized carbons (Fsp3) is 0.167. The minimum absolute atomic E-state index is 0.222. The van der Waals surface area contributed by atoms with E-state index in [4.69, 9.17) is 0 Å². The van der Waals surface area contributed by atoms with Crippen molar-refractivity contribution in [1.29, 1.82) is 0 Å². The van der Waals surface area contributed by atoms with Crippen LogP contribution in [-0.2, 0) is 10.0 Å². The molecule has 0 aromatic heterocycles. The predicted molar refractivity (Wildman–Crippen MR) is 106 cm³/mol. The van der Waals surface area contributed by atoms with Gasteiger partial charge in [0.15, 0.2) is 0 Å². The monoisotopic (exact) mass is 388 g/mol. The van der Waals surface area contributed by atoms with Crippen LogP contribution in [0.3, 0.4) is 0 Å². The molecule has 0 aliphatic carbocycles. The second kappa shape index (κ2) is 8.45. The van der Waals surface area contributed by atoms with Crippen LogP contribution in [0.2, 0.25) is 0 Å². The molecule has 0 bridgehead atoms. The van der Waals surface area contributed by atoms with Crippen molar-refractivity contribution < 1.29 is 13.3 Å². The summed E-state index contributed by atoms with van der Waals surface area (Å²) in [5.41, 5.74) is 2.12. The summed E-state index contributed by atoms with van der Waals surface area (Å²) >= 11 is 0. The molecule has 0 atom stereocenters. The second-order valence-corrected chi connectivity index (χ2v) is 7.58. The van der Waals surface area contributed by atoms with Gasteiger partial charge in [-0.15, -0.1) is 0 Å². The van der Waals surface area contributed by atoms with Gasteiger partial charge in [0.2, 0.25) is 0 Å². The number of nitro benzene ring substituents is 1. The predicted octanol–water partition coefficient (Wildman–Crippen LogP) is 2.95. The molecule has 1 N–H and O–H groups in total. The number of rotatable bonds is 7. The molecule has 2 rings (SSSR count). The molecule has 8 nitrogen and oxygen atoms in total. The molecule has 0 heterocycles. The first-order valence-corrected chi connectivity index (χ1v) is 9.43. The summed E-state index contributed by atoms with van der Waals surface area (Å²) in [7, 11) is -0.0837. The van der Waals surface area contributed by atoms with Crippen molar-refractivity contribution in [2.75, 3.05) is 19.0 Å². The summed E-state index contributed by atoms with van der Waals surface area (Å²) < 4.78 is 24.4. The van der Waals surface area contributed by atoms with Gasteiger partial charge in [0, 0.05) is 37.6 Å². The Hall–Kier alpha value is -3.20. The number of hydrogen-bond donors (Lipinski definition) is 1. The number of hydrazone groups is 1. The maximum absolute atomic E-state index is 12.2. The van der Waals surface area contributed by atoms with Gasteiger partial charge in [-0.25, -0.2) is 4.83 Å². The Bertz CT molecular complexity index is 981. The molecule has 142 valence electrons. The van der Waals surface area contributed by atoms with Crippen molar-refractivity contribution in [3.63, 3.8) is 0 Å². The maximum Gasteiger partial charge on any atom is 0.276 e. The normalized spacial score (nSPS) is 11.8. The third-order valence-corrected chi connectivity index (χ3v) is 4.94. The number of nitro groups is 1. The van der Waals surface area contributed by atoms with Crippen molar-refractivity contribution in [1.82, 2.24) is 4.83 Å². The number of nitrogens with zero attached hydrogens (tertiary/aromatic N) is 3. The molecule has 0 unspecified atom stereocenters. The van der Waals surface area contributed by atoms with E-state index in [1.165, 1.54) is 25.3 Å². The number of aryl methyl sites for hydroxylation is 1. The molecular weight excluding hydrogens is 368 g/mol. The molecule has 2 aromatic rings. The lowest BCUT2D eigenvalue weighted by Crippen LogP contribution is -2.18. The van der Waals surface area contributed by atoms with Crippen LogP contribution in [0.5, 0.6) is 0 Å². The topological polar surface area (TPSA) is 105 Å². The van der Waals surface area contributed by atoms with Gasteiger partial charge in [0.1, 0.15) is 0 Å². The highest BCUT2D eigenvalue weighted by Gasteiger charge is 2.19. The van der Waals surface area contributed by atoms with Gasteiger partial charge in [-0.3, -0.25) is 10.1 Å². The van der Waals surface area contributed by atoms with Crippen molar-refractivity contribution >= 4 is 33.7 Å². The highest BCUT2D eigenvalue weighted by atomic mass is 32.2. The van der Waals surface area contributed by atoms with E-state index in [-0.39, 0.29) is 10.6 Å². The standard InChI is InChI=1S/C18H20N4O4S/c1-14-6-11-17(13-18(14)22(23)24)27(25,26)20-19-12-4-5-15-7-9-16(10-8-15)21(2)3/h4-13,20H,1-3H3/b5-4+,19-12-. The molecule has 0 aliphatic heterocycles. The summed E-state index contributed by atoms with van der Waals surface area (Å²) in [5.74, 6) is 0. The molecule has 0 saturated heterocycles. The Morgan fingerprint density at radius 1 is 1.15 bits per heavy atom. The van der Waals surface area contributed by atoms with E-state index in [2.05, 4.69) is 5.10 Å². The first-order valence-electron chi connectivity index (χ1n) is 7.94. The van der Waals surface area contributed by atoms with Crippen LogP contribution < -0.4 is 9.73 Å². The molecule has 0 aliphatic rings. The third kappa shape index (κ3) is 5.38. The highest BCUT2D eigenvalue weighted by molar-refractivity contribution is 7.89. The number of nitrogens with one attached hydrogen (secondary N) is 1. The summed E-state index contributed by atoms with van der Waals surface area (Å²) in [6.45, 7) is 1.54. The van der Waals surface area contributed by atoms with E-state index >= 15 is 0 Å². The van der Waals surface area contributed by atoms with E-state index in [1.807, 2.05) is 48.1 Å². The van der Waals surface area contributed by atoms with Crippen molar-refractivity contribution in [3.8, 4) is 0 Å². The zero-order valence-electron chi connectivity index (χ0n) is 15.2. The average molecular weight is 388 g/mol. The van der Waals surface area contributed by atoms with Crippen LogP contribution in [-0.4, -0.2) is 33.7 Å². The zero-order valence-corrected chi connectivity index (χ0v) is 16.0. The molecule has 27 heavy (non-hydrogen) atoms. The fourth-order valence-electron chi connectivity index (χ4n) is 2.19. The Kier molecular flexibility index (Phi) is 6.30. The quantitative estimate of drug-likeness (QED) is 0.446. The summed E-state index contributed by atoms with van der Waals surface area (Å²) in [5, 5.41) is 14.6. The van der Waals surface area contributed by atoms with E-state index in [0.717, 1.165) is 17.3 Å². The van der Waals surface area contributed by atoms with Crippen LogP contribution >= 0.6 is 0 Å².